The van der Waals surface area contributed by atoms with Crippen LogP contribution in [-0.4, -0.2) is 32.4 Å². The van der Waals surface area contributed by atoms with Gasteiger partial charge in [-0.2, -0.15) is 4.52 Å². The number of hydrogen-bond donors (Lipinski definition) is 0. The Labute approximate surface area is 108 Å². The van der Waals surface area contributed by atoms with Crippen LogP contribution in [0.15, 0.2) is 12.1 Å². The van der Waals surface area contributed by atoms with Gasteiger partial charge in [-0.25, -0.2) is 8.78 Å². The normalized spacial score (nSPS) is 25.9. The Morgan fingerprint density at radius 3 is 2.79 bits per heavy atom. The summed E-state index contributed by atoms with van der Waals surface area (Å²) < 4.78 is 26.8. The number of piperidine rings is 1. The number of hydrogen-bond acceptors (Lipinski definition) is 4. The minimum Gasteiger partial charge on any atom is -0.352 e. The smallest absolute Gasteiger partial charge is 0.299 e. The van der Waals surface area contributed by atoms with E-state index in [1.807, 2.05) is 6.07 Å². The minimum atomic E-state index is -2.66. The van der Waals surface area contributed by atoms with Gasteiger partial charge in [-0.15, -0.1) is 15.3 Å². The van der Waals surface area contributed by atoms with Gasteiger partial charge in [0.25, 0.3) is 6.43 Å². The molecule has 0 radical (unpaired) electrons. The van der Waals surface area contributed by atoms with Gasteiger partial charge in [-0.3, -0.25) is 0 Å². The summed E-state index contributed by atoms with van der Waals surface area (Å²) >= 11 is 0. The summed E-state index contributed by atoms with van der Waals surface area (Å²) in [7, 11) is 0. The van der Waals surface area contributed by atoms with E-state index in [1.54, 1.807) is 6.07 Å². The van der Waals surface area contributed by atoms with Gasteiger partial charge in [0.1, 0.15) is 5.82 Å². The first kappa shape index (κ1) is 11.1. The standard InChI is InChI=1S/C12H13F2N5/c13-11(14)12-16-15-9-3-4-10(17-19(9)12)18-6-7-1-2-8(18)5-7/h3-4,7-8,11H,1-2,5-6H2/t7-,8+/m0/s1. The average molecular weight is 265 g/mol. The summed E-state index contributed by atoms with van der Waals surface area (Å²) in [4.78, 5) is 2.23. The molecule has 0 spiro atoms. The number of aromatic nitrogens is 4. The first-order valence-electron chi connectivity index (χ1n) is 6.49. The van der Waals surface area contributed by atoms with Crippen LogP contribution in [-0.2, 0) is 0 Å². The molecule has 19 heavy (non-hydrogen) atoms. The third kappa shape index (κ3) is 1.60. The molecular formula is C12H13F2N5. The van der Waals surface area contributed by atoms with E-state index >= 15 is 0 Å². The van der Waals surface area contributed by atoms with Crippen molar-refractivity contribution < 1.29 is 8.78 Å². The minimum absolute atomic E-state index is 0.364. The van der Waals surface area contributed by atoms with E-state index < -0.39 is 6.43 Å². The maximum atomic E-state index is 12.8. The van der Waals surface area contributed by atoms with Gasteiger partial charge in [-0.1, -0.05) is 0 Å². The van der Waals surface area contributed by atoms with Crippen molar-refractivity contribution in [3.05, 3.63) is 18.0 Å². The topological polar surface area (TPSA) is 46.3 Å². The van der Waals surface area contributed by atoms with Crippen LogP contribution in [0, 0.1) is 5.92 Å². The quantitative estimate of drug-likeness (QED) is 0.833. The first-order chi connectivity index (χ1) is 9.22. The summed E-state index contributed by atoms with van der Waals surface area (Å²) in [6, 6.07) is 4.06. The molecule has 0 amide bonds. The van der Waals surface area contributed by atoms with Gasteiger partial charge in [-0.05, 0) is 37.3 Å². The van der Waals surface area contributed by atoms with E-state index in [9.17, 15) is 8.78 Å². The number of nitrogens with zero attached hydrogens (tertiary/aromatic N) is 5. The second-order valence-corrected chi connectivity index (χ2v) is 5.31. The molecule has 1 saturated heterocycles. The number of alkyl halides is 2. The van der Waals surface area contributed by atoms with E-state index in [0.717, 1.165) is 22.8 Å². The van der Waals surface area contributed by atoms with Crippen molar-refractivity contribution in [1.82, 2.24) is 19.8 Å². The lowest BCUT2D eigenvalue weighted by atomic mass is 10.1. The average Bonchev–Trinajstić information content (AvgIpc) is 3.12. The Morgan fingerprint density at radius 1 is 1.21 bits per heavy atom. The lowest BCUT2D eigenvalue weighted by molar-refractivity contribution is 0.137. The third-order valence-corrected chi connectivity index (χ3v) is 4.17. The Kier molecular flexibility index (Phi) is 2.24. The first-order valence-corrected chi connectivity index (χ1v) is 6.49. The van der Waals surface area contributed by atoms with Gasteiger partial charge in [0.15, 0.2) is 5.65 Å². The predicted octanol–water partition coefficient (Wildman–Crippen LogP) is 2.05. The summed E-state index contributed by atoms with van der Waals surface area (Å²) in [5.74, 6) is 1.10. The van der Waals surface area contributed by atoms with Crippen LogP contribution >= 0.6 is 0 Å². The predicted molar refractivity (Wildman–Crippen MR) is 64.2 cm³/mol. The molecule has 7 heteroatoms. The highest BCUT2D eigenvalue weighted by atomic mass is 19.3. The molecule has 1 aliphatic heterocycles. The number of rotatable bonds is 2. The molecule has 2 bridgehead atoms. The fourth-order valence-electron chi connectivity index (χ4n) is 3.29. The number of halogens is 2. The van der Waals surface area contributed by atoms with Crippen molar-refractivity contribution in [2.45, 2.75) is 31.7 Å². The molecule has 0 aromatic carbocycles. The second-order valence-electron chi connectivity index (χ2n) is 5.31. The maximum Gasteiger partial charge on any atom is 0.299 e. The molecule has 0 N–H and O–H groups in total. The van der Waals surface area contributed by atoms with Gasteiger partial charge in [0.2, 0.25) is 5.82 Å². The van der Waals surface area contributed by atoms with E-state index in [-0.39, 0.29) is 5.82 Å². The molecule has 2 aromatic rings. The lowest BCUT2D eigenvalue weighted by Crippen LogP contribution is -2.32. The van der Waals surface area contributed by atoms with Crippen molar-refractivity contribution in [2.24, 2.45) is 5.92 Å². The molecule has 100 valence electrons. The van der Waals surface area contributed by atoms with E-state index in [4.69, 9.17) is 0 Å². The van der Waals surface area contributed by atoms with Gasteiger partial charge in [0.05, 0.1) is 0 Å². The van der Waals surface area contributed by atoms with E-state index in [0.29, 0.717) is 11.7 Å². The molecule has 1 aliphatic carbocycles. The van der Waals surface area contributed by atoms with Crippen LogP contribution in [0.1, 0.15) is 31.5 Å². The zero-order chi connectivity index (χ0) is 13.0. The zero-order valence-electron chi connectivity index (χ0n) is 10.2. The summed E-state index contributed by atoms with van der Waals surface area (Å²) in [5.41, 5.74) is 0.364. The molecule has 4 rings (SSSR count). The van der Waals surface area contributed by atoms with Crippen LogP contribution in [0.3, 0.4) is 0 Å². The second kappa shape index (κ2) is 3.85. The highest BCUT2D eigenvalue weighted by Crippen LogP contribution is 2.39. The molecule has 2 aliphatic rings. The Hall–Kier alpha value is -1.79. The van der Waals surface area contributed by atoms with Crippen molar-refractivity contribution >= 4 is 11.5 Å². The van der Waals surface area contributed by atoms with Crippen molar-refractivity contribution in [2.75, 3.05) is 11.4 Å². The Balaban J connectivity index is 1.77. The summed E-state index contributed by atoms with van der Waals surface area (Å²) in [6.07, 6.45) is 0.990. The fourth-order valence-corrected chi connectivity index (χ4v) is 3.29. The summed E-state index contributed by atoms with van der Waals surface area (Å²) in [5, 5.41) is 11.5. The highest BCUT2D eigenvalue weighted by Gasteiger charge is 2.38. The molecule has 3 heterocycles. The molecule has 2 atom stereocenters. The van der Waals surface area contributed by atoms with Crippen molar-refractivity contribution in [3.8, 4) is 0 Å². The maximum absolute atomic E-state index is 12.8. The molecule has 2 aromatic heterocycles. The Bertz CT molecular complexity index is 626. The molecule has 2 fully saturated rings. The van der Waals surface area contributed by atoms with Crippen LogP contribution in [0.25, 0.3) is 5.65 Å². The van der Waals surface area contributed by atoms with E-state index in [2.05, 4.69) is 20.2 Å². The van der Waals surface area contributed by atoms with Crippen LogP contribution < -0.4 is 4.90 Å². The summed E-state index contributed by atoms with van der Waals surface area (Å²) in [6.45, 7) is 0.981. The Morgan fingerprint density at radius 2 is 2.11 bits per heavy atom. The number of anilines is 1. The van der Waals surface area contributed by atoms with Gasteiger partial charge in [0, 0.05) is 12.6 Å². The van der Waals surface area contributed by atoms with Crippen LogP contribution in [0.4, 0.5) is 14.6 Å². The third-order valence-electron chi connectivity index (χ3n) is 4.17. The molecule has 5 nitrogen and oxygen atoms in total. The SMILES string of the molecule is FC(F)c1nnc2ccc(N3C[C@H]4CC[C@@H]3C4)nn12. The fraction of sp³-hybridized carbons (Fsp3) is 0.583. The van der Waals surface area contributed by atoms with Gasteiger partial charge >= 0.3 is 0 Å². The van der Waals surface area contributed by atoms with Crippen molar-refractivity contribution in [1.29, 1.82) is 0 Å². The highest BCUT2D eigenvalue weighted by molar-refractivity contribution is 5.48. The molecular weight excluding hydrogens is 252 g/mol. The lowest BCUT2D eigenvalue weighted by Gasteiger charge is -2.27. The van der Waals surface area contributed by atoms with Crippen LogP contribution in [0.2, 0.25) is 0 Å². The zero-order valence-corrected chi connectivity index (χ0v) is 10.2. The van der Waals surface area contributed by atoms with E-state index in [1.165, 1.54) is 19.3 Å². The monoisotopic (exact) mass is 265 g/mol. The van der Waals surface area contributed by atoms with Crippen molar-refractivity contribution in [3.63, 3.8) is 0 Å². The van der Waals surface area contributed by atoms with Gasteiger partial charge < -0.3 is 4.90 Å². The largest absolute Gasteiger partial charge is 0.352 e. The molecule has 0 unspecified atom stereocenters. The molecule has 1 saturated carbocycles. The number of fused-ring (bicyclic) bond motifs is 3. The van der Waals surface area contributed by atoms with Crippen LogP contribution in [0.5, 0.6) is 0 Å².